The number of halogens is 1. The first-order valence-corrected chi connectivity index (χ1v) is 10.8. The molecule has 0 aliphatic carbocycles. The van der Waals surface area contributed by atoms with Crippen LogP contribution in [0.2, 0.25) is 0 Å². The van der Waals surface area contributed by atoms with E-state index in [-0.39, 0.29) is 29.9 Å². The molecule has 0 radical (unpaired) electrons. The van der Waals surface area contributed by atoms with Gasteiger partial charge in [0.05, 0.1) is 5.69 Å². The Morgan fingerprint density at radius 2 is 1.78 bits per heavy atom. The molecule has 0 atom stereocenters. The standard InChI is InChI=1S/C21H33N9O.HI/c1-17-16-18(2)30(27-17)11-5-9-23-20(22-3)24-10-6-19(31)28-12-14-29(15-13-28)21-25-7-4-8-26-21;/h4,7-8,16H,5-6,9-15H2,1-3H3,(H2,22,23,24);1H. The van der Waals surface area contributed by atoms with Crippen molar-refractivity contribution in [2.45, 2.75) is 33.2 Å². The summed E-state index contributed by atoms with van der Waals surface area (Å²) in [5.41, 5.74) is 2.22. The first-order chi connectivity index (χ1) is 15.1. The third kappa shape index (κ3) is 7.61. The number of hydrogen-bond donors (Lipinski definition) is 2. The summed E-state index contributed by atoms with van der Waals surface area (Å²) < 4.78 is 2.02. The minimum atomic E-state index is 0. The van der Waals surface area contributed by atoms with Gasteiger partial charge in [-0.05, 0) is 32.4 Å². The summed E-state index contributed by atoms with van der Waals surface area (Å²) in [6, 6.07) is 3.89. The molecule has 1 fully saturated rings. The number of hydrogen-bond acceptors (Lipinski definition) is 6. The van der Waals surface area contributed by atoms with E-state index in [9.17, 15) is 4.79 Å². The summed E-state index contributed by atoms with van der Waals surface area (Å²) in [6.07, 6.45) is 4.86. The zero-order valence-electron chi connectivity index (χ0n) is 19.1. The molecule has 1 saturated heterocycles. The van der Waals surface area contributed by atoms with Gasteiger partial charge >= 0.3 is 0 Å². The molecule has 32 heavy (non-hydrogen) atoms. The second-order valence-electron chi connectivity index (χ2n) is 7.60. The van der Waals surface area contributed by atoms with Crippen LogP contribution in [0.5, 0.6) is 0 Å². The molecule has 0 aromatic carbocycles. The zero-order chi connectivity index (χ0) is 22.1. The summed E-state index contributed by atoms with van der Waals surface area (Å²) in [7, 11) is 1.74. The fraction of sp³-hybridized carbons (Fsp3) is 0.571. The number of nitrogens with one attached hydrogen (secondary N) is 2. The van der Waals surface area contributed by atoms with E-state index in [4.69, 9.17) is 0 Å². The van der Waals surface area contributed by atoms with Crippen LogP contribution in [-0.4, -0.2) is 82.8 Å². The molecule has 0 unspecified atom stereocenters. The molecule has 0 saturated carbocycles. The second-order valence-corrected chi connectivity index (χ2v) is 7.60. The SMILES string of the molecule is CN=C(NCCCn1nc(C)cc1C)NCCC(=O)N1CCN(c2ncccn2)CC1.I. The molecule has 2 aromatic rings. The average Bonchev–Trinajstić information content (AvgIpc) is 3.12. The third-order valence-electron chi connectivity index (χ3n) is 5.26. The number of nitrogens with zero attached hydrogens (tertiary/aromatic N) is 7. The van der Waals surface area contributed by atoms with Crippen LogP contribution in [0.15, 0.2) is 29.5 Å². The van der Waals surface area contributed by atoms with E-state index in [1.165, 1.54) is 5.69 Å². The van der Waals surface area contributed by atoms with Crippen molar-refractivity contribution in [3.8, 4) is 0 Å². The van der Waals surface area contributed by atoms with Crippen molar-refractivity contribution in [3.05, 3.63) is 35.9 Å². The van der Waals surface area contributed by atoms with Gasteiger partial charge in [0.2, 0.25) is 11.9 Å². The molecule has 1 aliphatic heterocycles. The van der Waals surface area contributed by atoms with Crippen LogP contribution in [0, 0.1) is 13.8 Å². The van der Waals surface area contributed by atoms with E-state index in [0.29, 0.717) is 32.0 Å². The van der Waals surface area contributed by atoms with E-state index in [1.807, 2.05) is 16.5 Å². The summed E-state index contributed by atoms with van der Waals surface area (Å²) in [5.74, 6) is 1.59. The van der Waals surface area contributed by atoms with Crippen LogP contribution in [-0.2, 0) is 11.3 Å². The van der Waals surface area contributed by atoms with Gasteiger partial charge in [0, 0.05) is 77.4 Å². The van der Waals surface area contributed by atoms with E-state index >= 15 is 0 Å². The first-order valence-electron chi connectivity index (χ1n) is 10.8. The van der Waals surface area contributed by atoms with Gasteiger partial charge in [0.15, 0.2) is 5.96 Å². The van der Waals surface area contributed by atoms with Crippen LogP contribution < -0.4 is 15.5 Å². The molecule has 1 amide bonds. The van der Waals surface area contributed by atoms with Gasteiger partial charge in [0.25, 0.3) is 0 Å². The van der Waals surface area contributed by atoms with Crippen molar-refractivity contribution in [3.63, 3.8) is 0 Å². The second kappa shape index (κ2) is 13.2. The Hall–Kier alpha value is -2.44. The van der Waals surface area contributed by atoms with E-state index in [0.717, 1.165) is 44.2 Å². The average molecular weight is 555 g/mol. The van der Waals surface area contributed by atoms with Gasteiger partial charge in [-0.25, -0.2) is 9.97 Å². The van der Waals surface area contributed by atoms with Crippen LogP contribution in [0.25, 0.3) is 0 Å². The Morgan fingerprint density at radius 1 is 1.09 bits per heavy atom. The van der Waals surface area contributed by atoms with Gasteiger partial charge in [-0.3, -0.25) is 14.5 Å². The molecule has 0 bridgehead atoms. The first kappa shape index (κ1) is 25.8. The summed E-state index contributed by atoms with van der Waals surface area (Å²) >= 11 is 0. The van der Waals surface area contributed by atoms with Crippen molar-refractivity contribution in [1.29, 1.82) is 0 Å². The van der Waals surface area contributed by atoms with Gasteiger partial charge < -0.3 is 20.4 Å². The number of guanidine groups is 1. The maximum atomic E-state index is 12.5. The predicted molar refractivity (Wildman–Crippen MR) is 137 cm³/mol. The number of aryl methyl sites for hydroxylation is 3. The molecule has 10 nitrogen and oxygen atoms in total. The fourth-order valence-corrected chi connectivity index (χ4v) is 3.61. The number of carbonyl (C=O) groups is 1. The highest BCUT2D eigenvalue weighted by Gasteiger charge is 2.22. The lowest BCUT2D eigenvalue weighted by molar-refractivity contribution is -0.131. The lowest BCUT2D eigenvalue weighted by Gasteiger charge is -2.34. The van der Waals surface area contributed by atoms with E-state index < -0.39 is 0 Å². The molecular formula is C21H34IN9O. The molecule has 2 aromatic heterocycles. The van der Waals surface area contributed by atoms with Crippen LogP contribution in [0.4, 0.5) is 5.95 Å². The Morgan fingerprint density at radius 3 is 2.41 bits per heavy atom. The normalized spacial score (nSPS) is 14.2. The molecule has 176 valence electrons. The summed E-state index contributed by atoms with van der Waals surface area (Å²) in [5, 5.41) is 11.0. The van der Waals surface area contributed by atoms with Crippen LogP contribution in [0.1, 0.15) is 24.2 Å². The third-order valence-corrected chi connectivity index (χ3v) is 5.26. The smallest absolute Gasteiger partial charge is 0.225 e. The molecule has 11 heteroatoms. The minimum Gasteiger partial charge on any atom is -0.356 e. The van der Waals surface area contributed by atoms with Gasteiger partial charge in [-0.1, -0.05) is 0 Å². The molecule has 0 spiro atoms. The van der Waals surface area contributed by atoms with E-state index in [2.05, 4.69) is 48.6 Å². The molecule has 3 rings (SSSR count). The minimum absolute atomic E-state index is 0. The Kier molecular flexibility index (Phi) is 10.6. The van der Waals surface area contributed by atoms with E-state index in [1.54, 1.807) is 25.5 Å². The monoisotopic (exact) mass is 555 g/mol. The molecule has 1 aliphatic rings. The summed E-state index contributed by atoms with van der Waals surface area (Å²) in [6.45, 7) is 9.17. The highest BCUT2D eigenvalue weighted by Crippen LogP contribution is 2.10. The van der Waals surface area contributed by atoms with Crippen LogP contribution in [0.3, 0.4) is 0 Å². The number of rotatable bonds is 8. The predicted octanol–water partition coefficient (Wildman–Crippen LogP) is 1.20. The number of amides is 1. The lowest BCUT2D eigenvalue weighted by atomic mass is 10.3. The largest absolute Gasteiger partial charge is 0.356 e. The Labute approximate surface area is 206 Å². The zero-order valence-corrected chi connectivity index (χ0v) is 21.5. The highest BCUT2D eigenvalue weighted by molar-refractivity contribution is 14.0. The maximum absolute atomic E-state index is 12.5. The molecule has 3 heterocycles. The van der Waals surface area contributed by atoms with Crippen molar-refractivity contribution in [1.82, 2.24) is 35.3 Å². The van der Waals surface area contributed by atoms with Crippen molar-refractivity contribution < 1.29 is 4.79 Å². The molecular weight excluding hydrogens is 521 g/mol. The van der Waals surface area contributed by atoms with Gasteiger partial charge in [-0.2, -0.15) is 5.10 Å². The Balaban J connectivity index is 0.00000363. The highest BCUT2D eigenvalue weighted by atomic mass is 127. The van der Waals surface area contributed by atoms with Gasteiger partial charge in [0.1, 0.15) is 0 Å². The number of aromatic nitrogens is 4. The topological polar surface area (TPSA) is 104 Å². The number of anilines is 1. The quantitative estimate of drug-likeness (QED) is 0.219. The number of carbonyl (C=O) groups excluding carboxylic acids is 1. The van der Waals surface area contributed by atoms with Crippen molar-refractivity contribution in [2.75, 3.05) is 51.2 Å². The molecule has 2 N–H and O–H groups in total. The van der Waals surface area contributed by atoms with Crippen molar-refractivity contribution >= 4 is 41.8 Å². The lowest BCUT2D eigenvalue weighted by Crippen LogP contribution is -2.50. The fourth-order valence-electron chi connectivity index (χ4n) is 3.61. The maximum Gasteiger partial charge on any atom is 0.225 e. The Bertz CT molecular complexity index is 863. The van der Waals surface area contributed by atoms with Gasteiger partial charge in [-0.15, -0.1) is 24.0 Å². The summed E-state index contributed by atoms with van der Waals surface area (Å²) in [4.78, 5) is 29.3. The number of aliphatic imine (C=N–C) groups is 1. The number of piperazine rings is 1. The van der Waals surface area contributed by atoms with Crippen LogP contribution >= 0.6 is 24.0 Å². The van der Waals surface area contributed by atoms with Crippen molar-refractivity contribution in [2.24, 2.45) is 4.99 Å².